The van der Waals surface area contributed by atoms with Crippen molar-refractivity contribution in [3.63, 3.8) is 0 Å². The van der Waals surface area contributed by atoms with E-state index in [4.69, 9.17) is 9.47 Å². The number of thioether (sulfide) groups is 1. The molecule has 0 saturated carbocycles. The smallest absolute Gasteiger partial charge is 0.119 e. The van der Waals surface area contributed by atoms with E-state index in [0.29, 0.717) is 13.2 Å². The average Bonchev–Trinajstić information content (AvgIpc) is 2.47. The van der Waals surface area contributed by atoms with E-state index in [1.807, 2.05) is 43.0 Å². The monoisotopic (exact) mass is 288 g/mol. The summed E-state index contributed by atoms with van der Waals surface area (Å²) in [5.74, 6) is 2.71. The Labute approximate surface area is 125 Å². The minimum absolute atomic E-state index is 0.688. The predicted molar refractivity (Wildman–Crippen MR) is 85.0 cm³/mol. The van der Waals surface area contributed by atoms with Gasteiger partial charge in [0.25, 0.3) is 0 Å². The van der Waals surface area contributed by atoms with Crippen molar-refractivity contribution in [1.82, 2.24) is 0 Å². The summed E-state index contributed by atoms with van der Waals surface area (Å²) in [5.41, 5.74) is 1.29. The molecule has 2 aromatic rings. The lowest BCUT2D eigenvalue weighted by molar-refractivity contribution is 0.332. The maximum absolute atomic E-state index is 5.71. The third kappa shape index (κ3) is 4.82. The van der Waals surface area contributed by atoms with E-state index in [2.05, 4.69) is 31.2 Å². The Kier molecular flexibility index (Phi) is 5.81. The molecule has 0 atom stereocenters. The Morgan fingerprint density at radius 1 is 0.850 bits per heavy atom. The topological polar surface area (TPSA) is 18.5 Å². The molecule has 0 spiro atoms. The Balaban J connectivity index is 1.71. The van der Waals surface area contributed by atoms with Crippen LogP contribution in [0.15, 0.2) is 53.4 Å². The van der Waals surface area contributed by atoms with Crippen LogP contribution in [0.3, 0.4) is 0 Å². The number of rotatable bonds is 7. The third-order valence-corrected chi connectivity index (χ3v) is 3.75. The van der Waals surface area contributed by atoms with Gasteiger partial charge in [-0.15, -0.1) is 11.8 Å². The van der Waals surface area contributed by atoms with Crippen LogP contribution in [0.1, 0.15) is 12.5 Å². The lowest BCUT2D eigenvalue weighted by atomic mass is 10.2. The van der Waals surface area contributed by atoms with Gasteiger partial charge in [0.2, 0.25) is 0 Å². The van der Waals surface area contributed by atoms with Gasteiger partial charge in [0.1, 0.15) is 11.5 Å². The van der Waals surface area contributed by atoms with Crippen LogP contribution < -0.4 is 9.47 Å². The summed E-state index contributed by atoms with van der Waals surface area (Å²) in [5, 5.41) is 0. The average molecular weight is 288 g/mol. The first-order valence-corrected chi connectivity index (χ1v) is 7.81. The van der Waals surface area contributed by atoms with Crippen LogP contribution in [-0.2, 0) is 0 Å². The molecule has 106 valence electrons. The van der Waals surface area contributed by atoms with Gasteiger partial charge >= 0.3 is 0 Å². The number of aryl methyl sites for hydroxylation is 1. The SMILES string of the molecule is CCOc1ccc(OCCSc2ccc(C)cc2)cc1. The van der Waals surface area contributed by atoms with Gasteiger partial charge in [-0.05, 0) is 50.2 Å². The molecule has 0 bridgehead atoms. The lowest BCUT2D eigenvalue weighted by Gasteiger charge is -2.07. The summed E-state index contributed by atoms with van der Waals surface area (Å²) in [4.78, 5) is 1.28. The van der Waals surface area contributed by atoms with Gasteiger partial charge in [0.05, 0.1) is 13.2 Å². The van der Waals surface area contributed by atoms with Gasteiger partial charge in [-0.2, -0.15) is 0 Å². The molecule has 2 aromatic carbocycles. The van der Waals surface area contributed by atoms with Gasteiger partial charge in [0.15, 0.2) is 0 Å². The highest BCUT2D eigenvalue weighted by Gasteiger charge is 1.97. The molecule has 0 aliphatic rings. The lowest BCUT2D eigenvalue weighted by Crippen LogP contribution is -2.00. The van der Waals surface area contributed by atoms with Gasteiger partial charge in [0, 0.05) is 10.6 Å². The van der Waals surface area contributed by atoms with Crippen molar-refractivity contribution in [1.29, 1.82) is 0 Å². The summed E-state index contributed by atoms with van der Waals surface area (Å²) < 4.78 is 11.1. The van der Waals surface area contributed by atoms with Crippen LogP contribution >= 0.6 is 11.8 Å². The van der Waals surface area contributed by atoms with Crippen molar-refractivity contribution < 1.29 is 9.47 Å². The molecule has 0 aromatic heterocycles. The second-order valence-corrected chi connectivity index (χ2v) is 5.58. The summed E-state index contributed by atoms with van der Waals surface area (Å²) in [6.45, 7) is 5.47. The zero-order chi connectivity index (χ0) is 14.2. The zero-order valence-corrected chi connectivity index (χ0v) is 12.8. The minimum Gasteiger partial charge on any atom is -0.494 e. The molecule has 20 heavy (non-hydrogen) atoms. The van der Waals surface area contributed by atoms with Crippen molar-refractivity contribution in [2.24, 2.45) is 0 Å². The molecular weight excluding hydrogens is 268 g/mol. The van der Waals surface area contributed by atoms with Crippen LogP contribution in [-0.4, -0.2) is 19.0 Å². The first-order chi connectivity index (χ1) is 9.78. The van der Waals surface area contributed by atoms with Crippen LogP contribution in [0.4, 0.5) is 0 Å². The second kappa shape index (κ2) is 7.85. The fraction of sp³-hybridized carbons (Fsp3) is 0.294. The molecule has 0 N–H and O–H groups in total. The van der Waals surface area contributed by atoms with Crippen molar-refractivity contribution in [3.05, 3.63) is 54.1 Å². The molecule has 3 heteroatoms. The summed E-state index contributed by atoms with van der Waals surface area (Å²) in [6.07, 6.45) is 0. The summed E-state index contributed by atoms with van der Waals surface area (Å²) in [7, 11) is 0. The largest absolute Gasteiger partial charge is 0.494 e. The number of ether oxygens (including phenoxy) is 2. The Bertz CT molecular complexity index is 506. The number of hydrogen-bond acceptors (Lipinski definition) is 3. The van der Waals surface area contributed by atoms with Crippen molar-refractivity contribution in [2.45, 2.75) is 18.7 Å². The van der Waals surface area contributed by atoms with Crippen molar-refractivity contribution >= 4 is 11.8 Å². The molecule has 2 rings (SSSR count). The molecule has 0 fully saturated rings. The standard InChI is InChI=1S/C17H20O2S/c1-3-18-15-6-8-16(9-7-15)19-12-13-20-17-10-4-14(2)5-11-17/h4-11H,3,12-13H2,1-2H3. The first kappa shape index (κ1) is 14.8. The van der Waals surface area contributed by atoms with Crippen molar-refractivity contribution in [3.8, 4) is 11.5 Å². The predicted octanol–water partition coefficient (Wildman–Crippen LogP) is 4.56. The highest BCUT2D eigenvalue weighted by Crippen LogP contribution is 2.20. The van der Waals surface area contributed by atoms with Gasteiger partial charge in [-0.3, -0.25) is 0 Å². The highest BCUT2D eigenvalue weighted by molar-refractivity contribution is 7.99. The van der Waals surface area contributed by atoms with E-state index in [9.17, 15) is 0 Å². The number of benzene rings is 2. The Morgan fingerprint density at radius 2 is 1.45 bits per heavy atom. The zero-order valence-electron chi connectivity index (χ0n) is 12.0. The number of hydrogen-bond donors (Lipinski definition) is 0. The molecule has 0 amide bonds. The van der Waals surface area contributed by atoms with Crippen LogP contribution in [0, 0.1) is 6.92 Å². The van der Waals surface area contributed by atoms with E-state index in [0.717, 1.165) is 17.3 Å². The summed E-state index contributed by atoms with van der Waals surface area (Å²) in [6, 6.07) is 16.3. The van der Waals surface area contributed by atoms with Gasteiger partial charge in [-0.1, -0.05) is 17.7 Å². The molecule has 0 aliphatic heterocycles. The van der Waals surface area contributed by atoms with Crippen LogP contribution in [0.2, 0.25) is 0 Å². The Hall–Kier alpha value is -1.61. The summed E-state index contributed by atoms with van der Waals surface area (Å²) >= 11 is 1.81. The normalized spacial score (nSPS) is 10.3. The molecule has 2 nitrogen and oxygen atoms in total. The van der Waals surface area contributed by atoms with Crippen molar-refractivity contribution in [2.75, 3.05) is 19.0 Å². The van der Waals surface area contributed by atoms with Crippen LogP contribution in [0.5, 0.6) is 11.5 Å². The van der Waals surface area contributed by atoms with E-state index in [-0.39, 0.29) is 0 Å². The van der Waals surface area contributed by atoms with E-state index >= 15 is 0 Å². The van der Waals surface area contributed by atoms with E-state index < -0.39 is 0 Å². The fourth-order valence-electron chi connectivity index (χ4n) is 1.75. The third-order valence-electron chi connectivity index (χ3n) is 2.78. The minimum atomic E-state index is 0.688. The molecule has 0 aliphatic carbocycles. The molecule has 0 saturated heterocycles. The molecule has 0 heterocycles. The van der Waals surface area contributed by atoms with Crippen LogP contribution in [0.25, 0.3) is 0 Å². The maximum Gasteiger partial charge on any atom is 0.119 e. The second-order valence-electron chi connectivity index (χ2n) is 4.41. The molecular formula is C17H20O2S. The Morgan fingerprint density at radius 3 is 2.05 bits per heavy atom. The van der Waals surface area contributed by atoms with E-state index in [1.165, 1.54) is 10.5 Å². The van der Waals surface area contributed by atoms with Gasteiger partial charge < -0.3 is 9.47 Å². The van der Waals surface area contributed by atoms with Gasteiger partial charge in [-0.25, -0.2) is 0 Å². The molecule has 0 radical (unpaired) electrons. The first-order valence-electron chi connectivity index (χ1n) is 6.83. The quantitative estimate of drug-likeness (QED) is 0.549. The molecule has 0 unspecified atom stereocenters. The fourth-order valence-corrected chi connectivity index (χ4v) is 2.48. The highest BCUT2D eigenvalue weighted by atomic mass is 32.2. The van der Waals surface area contributed by atoms with E-state index in [1.54, 1.807) is 0 Å². The maximum atomic E-state index is 5.71.